The number of rotatable bonds is 5. The van der Waals surface area contributed by atoms with Gasteiger partial charge in [0.2, 0.25) is 5.91 Å². The molecule has 0 radical (unpaired) electrons. The third-order valence-corrected chi connectivity index (χ3v) is 4.19. The Kier molecular flexibility index (Phi) is 4.83. The molecule has 1 aliphatic heterocycles. The number of hydrogen-bond acceptors (Lipinski definition) is 3. The molecule has 2 rings (SSSR count). The zero-order valence-electron chi connectivity index (χ0n) is 13.0. The van der Waals surface area contributed by atoms with Crippen LogP contribution in [0, 0.1) is 17.7 Å². The average molecular weight is 294 g/mol. The van der Waals surface area contributed by atoms with Crippen LogP contribution >= 0.6 is 0 Å². The van der Waals surface area contributed by atoms with Crippen LogP contribution in [-0.4, -0.2) is 31.0 Å². The van der Waals surface area contributed by atoms with Gasteiger partial charge in [-0.3, -0.25) is 10.1 Å². The first-order chi connectivity index (χ1) is 9.93. The van der Waals surface area contributed by atoms with Gasteiger partial charge in [0, 0.05) is 6.54 Å². The van der Waals surface area contributed by atoms with Crippen LogP contribution in [0.15, 0.2) is 18.2 Å². The van der Waals surface area contributed by atoms with Crippen molar-refractivity contribution >= 4 is 5.91 Å². The molecule has 1 saturated heterocycles. The number of nitrogens with one attached hydrogen (secondary N) is 1. The van der Waals surface area contributed by atoms with Crippen molar-refractivity contribution in [2.75, 3.05) is 20.2 Å². The molecule has 116 valence electrons. The van der Waals surface area contributed by atoms with Gasteiger partial charge in [0.25, 0.3) is 0 Å². The SMILES string of the molecule is COc1ccc(C2NCC(=O)N2CC(C)C(C)C)cc1F. The van der Waals surface area contributed by atoms with Crippen LogP contribution < -0.4 is 10.1 Å². The fourth-order valence-corrected chi connectivity index (χ4v) is 2.42. The highest BCUT2D eigenvalue weighted by Gasteiger charge is 2.33. The summed E-state index contributed by atoms with van der Waals surface area (Å²) >= 11 is 0. The molecule has 1 amide bonds. The van der Waals surface area contributed by atoms with Crippen LogP contribution in [0.5, 0.6) is 5.75 Å². The lowest BCUT2D eigenvalue weighted by Crippen LogP contribution is -2.35. The lowest BCUT2D eigenvalue weighted by molar-refractivity contribution is -0.128. The molecular weight excluding hydrogens is 271 g/mol. The number of benzene rings is 1. The zero-order chi connectivity index (χ0) is 15.6. The van der Waals surface area contributed by atoms with E-state index in [9.17, 15) is 9.18 Å². The van der Waals surface area contributed by atoms with Crippen LogP contribution in [0.4, 0.5) is 4.39 Å². The van der Waals surface area contributed by atoms with Crippen molar-refractivity contribution in [2.45, 2.75) is 26.9 Å². The highest BCUT2D eigenvalue weighted by Crippen LogP contribution is 2.28. The second-order valence-electron chi connectivity index (χ2n) is 5.94. The van der Waals surface area contributed by atoms with E-state index in [1.165, 1.54) is 13.2 Å². The molecule has 0 aliphatic carbocycles. The predicted octanol–water partition coefficient (Wildman–Crippen LogP) is 2.56. The summed E-state index contributed by atoms with van der Waals surface area (Å²) in [6.45, 7) is 7.37. The minimum Gasteiger partial charge on any atom is -0.494 e. The summed E-state index contributed by atoms with van der Waals surface area (Å²) in [5.41, 5.74) is 0.745. The first-order valence-electron chi connectivity index (χ1n) is 7.30. The number of carbonyl (C=O) groups is 1. The Labute approximate surface area is 125 Å². The number of nitrogens with zero attached hydrogens (tertiary/aromatic N) is 1. The van der Waals surface area contributed by atoms with Gasteiger partial charge in [-0.05, 0) is 29.5 Å². The Morgan fingerprint density at radius 3 is 2.71 bits per heavy atom. The maximum atomic E-state index is 13.9. The number of halogens is 1. The molecule has 1 aromatic carbocycles. The molecule has 0 spiro atoms. The smallest absolute Gasteiger partial charge is 0.238 e. The topological polar surface area (TPSA) is 41.6 Å². The minimum atomic E-state index is -0.409. The molecule has 2 atom stereocenters. The Morgan fingerprint density at radius 1 is 1.43 bits per heavy atom. The summed E-state index contributed by atoms with van der Waals surface area (Å²) in [6, 6.07) is 4.83. The van der Waals surface area contributed by atoms with Gasteiger partial charge in [-0.1, -0.05) is 26.8 Å². The summed E-state index contributed by atoms with van der Waals surface area (Å²) < 4.78 is 18.8. The van der Waals surface area contributed by atoms with Gasteiger partial charge in [-0.25, -0.2) is 4.39 Å². The summed E-state index contributed by atoms with van der Waals surface area (Å²) in [5.74, 6) is 0.744. The summed E-state index contributed by atoms with van der Waals surface area (Å²) in [4.78, 5) is 13.9. The zero-order valence-corrected chi connectivity index (χ0v) is 13.0. The van der Waals surface area contributed by atoms with Crippen LogP contribution in [0.3, 0.4) is 0 Å². The summed E-state index contributed by atoms with van der Waals surface area (Å²) in [7, 11) is 1.44. The van der Waals surface area contributed by atoms with Gasteiger partial charge in [-0.15, -0.1) is 0 Å². The predicted molar refractivity (Wildman–Crippen MR) is 79.4 cm³/mol. The van der Waals surface area contributed by atoms with Crippen molar-refractivity contribution in [1.82, 2.24) is 10.2 Å². The summed E-state index contributed by atoms with van der Waals surface area (Å²) in [6.07, 6.45) is -0.265. The highest BCUT2D eigenvalue weighted by molar-refractivity contribution is 5.81. The van der Waals surface area contributed by atoms with E-state index in [-0.39, 0.29) is 17.8 Å². The molecule has 1 heterocycles. The van der Waals surface area contributed by atoms with Gasteiger partial charge in [0.15, 0.2) is 11.6 Å². The molecule has 2 unspecified atom stereocenters. The largest absolute Gasteiger partial charge is 0.494 e. The van der Waals surface area contributed by atoms with E-state index >= 15 is 0 Å². The molecule has 1 aromatic rings. The van der Waals surface area contributed by atoms with E-state index in [2.05, 4.69) is 26.1 Å². The highest BCUT2D eigenvalue weighted by atomic mass is 19.1. The monoisotopic (exact) mass is 294 g/mol. The van der Waals surface area contributed by atoms with Crippen molar-refractivity contribution in [3.8, 4) is 5.75 Å². The van der Waals surface area contributed by atoms with Crippen molar-refractivity contribution in [3.63, 3.8) is 0 Å². The second kappa shape index (κ2) is 6.43. The lowest BCUT2D eigenvalue weighted by Gasteiger charge is -2.29. The van der Waals surface area contributed by atoms with Gasteiger partial charge in [-0.2, -0.15) is 0 Å². The van der Waals surface area contributed by atoms with E-state index in [0.717, 1.165) is 5.56 Å². The first kappa shape index (κ1) is 15.8. The molecule has 1 N–H and O–H groups in total. The van der Waals surface area contributed by atoms with E-state index in [4.69, 9.17) is 4.74 Å². The molecule has 4 nitrogen and oxygen atoms in total. The molecule has 0 saturated carbocycles. The third kappa shape index (κ3) is 3.35. The second-order valence-corrected chi connectivity index (χ2v) is 5.94. The van der Waals surface area contributed by atoms with Gasteiger partial charge in [0.1, 0.15) is 6.17 Å². The number of methoxy groups -OCH3 is 1. The molecule has 0 bridgehead atoms. The molecule has 1 aliphatic rings. The van der Waals surface area contributed by atoms with Gasteiger partial charge < -0.3 is 9.64 Å². The molecular formula is C16H23FN2O2. The Morgan fingerprint density at radius 2 is 2.14 bits per heavy atom. The Bertz CT molecular complexity index is 519. The number of ether oxygens (including phenoxy) is 1. The van der Waals surface area contributed by atoms with Gasteiger partial charge >= 0.3 is 0 Å². The maximum Gasteiger partial charge on any atom is 0.238 e. The minimum absolute atomic E-state index is 0.0590. The van der Waals surface area contributed by atoms with Crippen molar-refractivity contribution in [2.24, 2.45) is 11.8 Å². The summed E-state index contributed by atoms with van der Waals surface area (Å²) in [5, 5.41) is 3.15. The molecule has 21 heavy (non-hydrogen) atoms. The Balaban J connectivity index is 2.21. The van der Waals surface area contributed by atoms with Crippen molar-refractivity contribution in [1.29, 1.82) is 0 Å². The lowest BCUT2D eigenvalue weighted by atomic mass is 9.97. The normalized spacial score (nSPS) is 20.2. The van der Waals surface area contributed by atoms with Crippen LogP contribution in [-0.2, 0) is 4.79 Å². The van der Waals surface area contributed by atoms with Crippen LogP contribution in [0.25, 0.3) is 0 Å². The third-order valence-electron chi connectivity index (χ3n) is 4.19. The van der Waals surface area contributed by atoms with E-state index < -0.39 is 5.82 Å². The quantitative estimate of drug-likeness (QED) is 0.907. The standard InChI is InChI=1S/C16H23FN2O2/c1-10(2)11(3)9-19-15(20)8-18-16(19)12-5-6-14(21-4)13(17)7-12/h5-7,10-11,16,18H,8-9H2,1-4H3. The maximum absolute atomic E-state index is 13.9. The fraction of sp³-hybridized carbons (Fsp3) is 0.562. The number of hydrogen-bond donors (Lipinski definition) is 1. The first-order valence-corrected chi connectivity index (χ1v) is 7.30. The van der Waals surface area contributed by atoms with Crippen molar-refractivity contribution in [3.05, 3.63) is 29.6 Å². The average Bonchev–Trinajstić information content (AvgIpc) is 2.80. The van der Waals surface area contributed by atoms with Crippen molar-refractivity contribution < 1.29 is 13.9 Å². The van der Waals surface area contributed by atoms with Crippen LogP contribution in [0.2, 0.25) is 0 Å². The van der Waals surface area contributed by atoms with Gasteiger partial charge in [0.05, 0.1) is 13.7 Å². The van der Waals surface area contributed by atoms with Crippen LogP contribution in [0.1, 0.15) is 32.5 Å². The van der Waals surface area contributed by atoms with E-state index in [1.54, 1.807) is 17.0 Å². The molecule has 1 fully saturated rings. The number of amides is 1. The van der Waals surface area contributed by atoms with E-state index in [0.29, 0.717) is 24.9 Å². The molecule has 0 aromatic heterocycles. The fourth-order valence-electron chi connectivity index (χ4n) is 2.42. The van der Waals surface area contributed by atoms with E-state index in [1.807, 2.05) is 0 Å². The number of carbonyl (C=O) groups excluding carboxylic acids is 1. The molecule has 5 heteroatoms. The Hall–Kier alpha value is -1.62.